The van der Waals surface area contributed by atoms with Gasteiger partial charge in [0.2, 0.25) is 5.91 Å². The summed E-state index contributed by atoms with van der Waals surface area (Å²) < 4.78 is 5.47. The molecule has 1 fully saturated rings. The first-order valence-electron chi connectivity index (χ1n) is 9.58. The van der Waals surface area contributed by atoms with Gasteiger partial charge in [-0.1, -0.05) is 40.5 Å². The highest BCUT2D eigenvalue weighted by atomic mass is 31.0. The number of aryl methyl sites for hydroxylation is 2. The molecule has 0 N–H and O–H groups in total. The Kier molecular flexibility index (Phi) is 5.27. The van der Waals surface area contributed by atoms with Crippen molar-refractivity contribution >= 4 is 26.1 Å². The van der Waals surface area contributed by atoms with Gasteiger partial charge in [0.05, 0.1) is 5.69 Å². The lowest BCUT2D eigenvalue weighted by atomic mass is 10.00. The standard InChI is InChI=1S/C22H24N3O2P/c1-14-5-8-16(9-6-14)22-23-21(24-27-22)17-4-3-11-25(20(26)13-17)18-10-7-15(2)12-19(18)28/h5-10,12,17H,3-4,11,13,28H2,1-2H3. The predicted molar refractivity (Wildman–Crippen MR) is 114 cm³/mol. The Hall–Kier alpha value is -2.52. The predicted octanol–water partition coefficient (Wildman–Crippen LogP) is 4.15. The quantitative estimate of drug-likeness (QED) is 0.627. The second kappa shape index (κ2) is 7.84. The van der Waals surface area contributed by atoms with Crippen molar-refractivity contribution in [2.75, 3.05) is 11.4 Å². The fourth-order valence-corrected chi connectivity index (χ4v) is 4.17. The Balaban J connectivity index is 1.53. The molecule has 2 aromatic carbocycles. The number of anilines is 1. The number of aromatic nitrogens is 2. The third-order valence-electron chi connectivity index (χ3n) is 5.24. The average molecular weight is 393 g/mol. The first kappa shape index (κ1) is 18.8. The molecule has 4 rings (SSSR count). The highest BCUT2D eigenvalue weighted by Crippen LogP contribution is 2.30. The van der Waals surface area contributed by atoms with E-state index in [1.165, 1.54) is 11.1 Å². The van der Waals surface area contributed by atoms with Crippen LogP contribution in [0.3, 0.4) is 0 Å². The summed E-state index contributed by atoms with van der Waals surface area (Å²) in [5.74, 6) is 1.23. The number of hydrogen-bond donors (Lipinski definition) is 0. The summed E-state index contributed by atoms with van der Waals surface area (Å²) >= 11 is 0. The van der Waals surface area contributed by atoms with E-state index in [0.29, 0.717) is 24.7 Å². The minimum Gasteiger partial charge on any atom is -0.334 e. The molecule has 6 heteroatoms. The van der Waals surface area contributed by atoms with Gasteiger partial charge in [-0.2, -0.15) is 4.98 Å². The second-order valence-electron chi connectivity index (χ2n) is 7.47. The third kappa shape index (κ3) is 3.85. The summed E-state index contributed by atoms with van der Waals surface area (Å²) in [7, 11) is 2.74. The number of nitrogens with zero attached hydrogens (tertiary/aromatic N) is 3. The molecule has 0 bridgehead atoms. The molecule has 3 aromatic rings. The average Bonchev–Trinajstić information content (AvgIpc) is 3.08. The fraction of sp³-hybridized carbons (Fsp3) is 0.318. The van der Waals surface area contributed by atoms with Crippen molar-refractivity contribution in [3.63, 3.8) is 0 Å². The van der Waals surface area contributed by atoms with Crippen LogP contribution in [0.15, 0.2) is 47.0 Å². The molecule has 0 radical (unpaired) electrons. The van der Waals surface area contributed by atoms with Crippen LogP contribution in [0.2, 0.25) is 0 Å². The number of hydrogen-bond acceptors (Lipinski definition) is 4. The molecule has 28 heavy (non-hydrogen) atoms. The van der Waals surface area contributed by atoms with Gasteiger partial charge in [0.25, 0.3) is 5.89 Å². The summed E-state index contributed by atoms with van der Waals surface area (Å²) in [6, 6.07) is 14.2. The van der Waals surface area contributed by atoms with Crippen molar-refractivity contribution in [1.29, 1.82) is 0 Å². The Morgan fingerprint density at radius 3 is 2.61 bits per heavy atom. The topological polar surface area (TPSA) is 59.2 Å². The molecule has 0 spiro atoms. The molecule has 0 saturated carbocycles. The Bertz CT molecular complexity index is 997. The zero-order valence-corrected chi connectivity index (χ0v) is 17.3. The van der Waals surface area contributed by atoms with Crippen LogP contribution in [0.1, 0.15) is 42.1 Å². The van der Waals surface area contributed by atoms with Gasteiger partial charge in [-0.3, -0.25) is 4.79 Å². The molecule has 2 atom stereocenters. The molecule has 2 unspecified atom stereocenters. The number of benzene rings is 2. The number of amides is 1. The number of carbonyl (C=O) groups is 1. The minimum atomic E-state index is -0.0149. The molecule has 1 aliphatic heterocycles. The largest absolute Gasteiger partial charge is 0.334 e. The van der Waals surface area contributed by atoms with Crippen molar-refractivity contribution in [1.82, 2.24) is 10.1 Å². The van der Waals surface area contributed by atoms with Crippen LogP contribution >= 0.6 is 9.24 Å². The first-order valence-corrected chi connectivity index (χ1v) is 10.2. The lowest BCUT2D eigenvalue weighted by molar-refractivity contribution is -0.118. The first-order chi connectivity index (χ1) is 13.5. The maximum Gasteiger partial charge on any atom is 0.257 e. The molecule has 1 amide bonds. The normalized spacial score (nSPS) is 17.6. The maximum absolute atomic E-state index is 13.0. The molecule has 1 aliphatic rings. The van der Waals surface area contributed by atoms with Gasteiger partial charge in [-0.15, -0.1) is 9.24 Å². The fourth-order valence-electron chi connectivity index (χ4n) is 3.65. The molecule has 1 saturated heterocycles. The van der Waals surface area contributed by atoms with E-state index in [4.69, 9.17) is 4.52 Å². The highest BCUT2D eigenvalue weighted by Gasteiger charge is 2.29. The van der Waals surface area contributed by atoms with Crippen LogP contribution in [0.5, 0.6) is 0 Å². The van der Waals surface area contributed by atoms with Crippen molar-refractivity contribution in [3.8, 4) is 11.5 Å². The lowest BCUT2D eigenvalue weighted by Gasteiger charge is -2.23. The van der Waals surface area contributed by atoms with Gasteiger partial charge in [-0.05, 0) is 50.2 Å². The van der Waals surface area contributed by atoms with Gasteiger partial charge in [0.1, 0.15) is 0 Å². The summed E-state index contributed by atoms with van der Waals surface area (Å²) in [4.78, 5) is 19.5. The smallest absolute Gasteiger partial charge is 0.257 e. The second-order valence-corrected chi connectivity index (χ2v) is 8.10. The van der Waals surface area contributed by atoms with Crippen LogP contribution in [0.4, 0.5) is 5.69 Å². The molecule has 2 heterocycles. The molecule has 5 nitrogen and oxygen atoms in total. The molecule has 144 valence electrons. The highest BCUT2D eigenvalue weighted by molar-refractivity contribution is 7.28. The van der Waals surface area contributed by atoms with E-state index >= 15 is 0 Å². The summed E-state index contributed by atoms with van der Waals surface area (Å²) in [5.41, 5.74) is 4.24. The lowest BCUT2D eigenvalue weighted by Crippen LogP contribution is -2.33. The SMILES string of the molecule is Cc1ccc(-c2nc(C3CCCN(c4ccc(C)cc4P)C(=O)C3)no2)cc1. The number of carbonyl (C=O) groups excluding carboxylic acids is 1. The van der Waals surface area contributed by atoms with Crippen molar-refractivity contribution in [2.24, 2.45) is 0 Å². The Morgan fingerprint density at radius 1 is 1.11 bits per heavy atom. The third-order valence-corrected chi connectivity index (χ3v) is 5.70. The van der Waals surface area contributed by atoms with Crippen LogP contribution in [0, 0.1) is 13.8 Å². The summed E-state index contributed by atoms with van der Waals surface area (Å²) in [6.07, 6.45) is 2.17. The Morgan fingerprint density at radius 2 is 1.86 bits per heavy atom. The van der Waals surface area contributed by atoms with Crippen LogP contribution < -0.4 is 10.2 Å². The van der Waals surface area contributed by atoms with Crippen LogP contribution in [-0.4, -0.2) is 22.6 Å². The molecular formula is C22H24N3O2P. The van der Waals surface area contributed by atoms with E-state index in [1.54, 1.807) is 0 Å². The summed E-state index contributed by atoms with van der Waals surface area (Å²) in [5, 5.41) is 5.23. The summed E-state index contributed by atoms with van der Waals surface area (Å²) in [6.45, 7) is 4.81. The van der Waals surface area contributed by atoms with E-state index in [1.807, 2.05) is 48.2 Å². The molecule has 0 aliphatic carbocycles. The number of rotatable bonds is 3. The van der Waals surface area contributed by atoms with E-state index in [2.05, 4.69) is 32.4 Å². The minimum absolute atomic E-state index is 0.0149. The van der Waals surface area contributed by atoms with Gasteiger partial charge in [-0.25, -0.2) is 0 Å². The van der Waals surface area contributed by atoms with Crippen LogP contribution in [0.25, 0.3) is 11.5 Å². The van der Waals surface area contributed by atoms with E-state index in [-0.39, 0.29) is 11.8 Å². The zero-order valence-electron chi connectivity index (χ0n) is 16.2. The van der Waals surface area contributed by atoms with Gasteiger partial charge >= 0.3 is 0 Å². The van der Waals surface area contributed by atoms with E-state index < -0.39 is 0 Å². The van der Waals surface area contributed by atoms with Crippen molar-refractivity contribution in [3.05, 3.63) is 59.4 Å². The monoisotopic (exact) mass is 393 g/mol. The van der Waals surface area contributed by atoms with Crippen molar-refractivity contribution in [2.45, 2.75) is 39.0 Å². The van der Waals surface area contributed by atoms with Gasteiger partial charge < -0.3 is 9.42 Å². The van der Waals surface area contributed by atoms with E-state index in [0.717, 1.165) is 29.4 Å². The maximum atomic E-state index is 13.0. The molecular weight excluding hydrogens is 369 g/mol. The van der Waals surface area contributed by atoms with Crippen LogP contribution in [-0.2, 0) is 4.79 Å². The van der Waals surface area contributed by atoms with E-state index in [9.17, 15) is 4.79 Å². The van der Waals surface area contributed by atoms with Gasteiger partial charge in [0.15, 0.2) is 5.82 Å². The van der Waals surface area contributed by atoms with Gasteiger partial charge in [0, 0.05) is 24.4 Å². The van der Waals surface area contributed by atoms with Crippen molar-refractivity contribution < 1.29 is 9.32 Å². The zero-order chi connectivity index (χ0) is 19.7. The Labute approximate surface area is 167 Å². The molecule has 1 aromatic heterocycles.